The van der Waals surface area contributed by atoms with Gasteiger partial charge in [-0.25, -0.2) is 10.1 Å². The van der Waals surface area contributed by atoms with Gasteiger partial charge in [-0.2, -0.15) is 0 Å². The zero-order valence-electron chi connectivity index (χ0n) is 15.2. The number of benzene rings is 2. The zero-order chi connectivity index (χ0) is 19.9. The molecule has 2 aromatic rings. The first-order valence-electron chi connectivity index (χ1n) is 8.89. The summed E-state index contributed by atoms with van der Waals surface area (Å²) in [5, 5.41) is 10.7. The van der Waals surface area contributed by atoms with E-state index in [-0.39, 0.29) is 24.0 Å². The Morgan fingerprint density at radius 2 is 1.79 bits per heavy atom. The Kier molecular flexibility index (Phi) is 6.67. The molecule has 28 heavy (non-hydrogen) atoms. The Morgan fingerprint density at radius 1 is 1.11 bits per heavy atom. The van der Waals surface area contributed by atoms with Crippen molar-refractivity contribution >= 4 is 23.2 Å². The number of halogens is 1. The molecule has 0 unspecified atom stereocenters. The molecule has 1 saturated heterocycles. The van der Waals surface area contributed by atoms with Crippen LogP contribution in [-0.4, -0.2) is 53.5 Å². The van der Waals surface area contributed by atoms with Crippen molar-refractivity contribution in [2.24, 2.45) is 0 Å². The van der Waals surface area contributed by atoms with Gasteiger partial charge in [-0.05, 0) is 29.8 Å². The van der Waals surface area contributed by atoms with Crippen molar-refractivity contribution in [3.63, 3.8) is 0 Å². The lowest BCUT2D eigenvalue weighted by Gasteiger charge is -2.34. The maximum atomic E-state index is 12.4. The first-order valence-corrected chi connectivity index (χ1v) is 9.26. The molecule has 9 heteroatoms. The van der Waals surface area contributed by atoms with E-state index in [1.54, 1.807) is 23.1 Å². The molecule has 1 amide bonds. The van der Waals surface area contributed by atoms with Crippen molar-refractivity contribution in [1.82, 2.24) is 9.80 Å². The first-order chi connectivity index (χ1) is 13.5. The quantitative estimate of drug-likeness (QED) is 0.564. The minimum Gasteiger partial charge on any atom is -0.481 e. The molecule has 1 aliphatic rings. The van der Waals surface area contributed by atoms with Crippen LogP contribution in [0.25, 0.3) is 0 Å². The number of nitrogens with zero attached hydrogens (tertiary/aromatic N) is 3. The van der Waals surface area contributed by atoms with Crippen LogP contribution >= 0.6 is 11.6 Å². The number of hydrogen-bond acceptors (Lipinski definition) is 5. The van der Waals surface area contributed by atoms with E-state index in [1.807, 2.05) is 24.3 Å². The van der Waals surface area contributed by atoms with E-state index in [9.17, 15) is 14.9 Å². The second kappa shape index (κ2) is 9.38. The standard InChI is InChI=1S/C19H21ClN4O4/c20-16-7-5-15(6-8-16)13-22-9-11-23(12-10-22)19(25)14-28-18-4-2-1-3-17(18)21-24(26)27/h1-8,21H,9-14H2. The predicted octanol–water partition coefficient (Wildman–Crippen LogP) is 2.67. The third kappa shape index (κ3) is 5.58. The lowest BCUT2D eigenvalue weighted by atomic mass is 10.2. The third-order valence-corrected chi connectivity index (χ3v) is 4.75. The summed E-state index contributed by atoms with van der Waals surface area (Å²) in [4.78, 5) is 27.1. The van der Waals surface area contributed by atoms with Crippen LogP contribution in [-0.2, 0) is 11.3 Å². The number of ether oxygens (including phenoxy) is 1. The number of carbonyl (C=O) groups is 1. The summed E-state index contributed by atoms with van der Waals surface area (Å²) in [6, 6.07) is 14.2. The fourth-order valence-corrected chi connectivity index (χ4v) is 3.14. The second-order valence-electron chi connectivity index (χ2n) is 6.44. The van der Waals surface area contributed by atoms with Gasteiger partial charge >= 0.3 is 0 Å². The molecule has 2 aromatic carbocycles. The van der Waals surface area contributed by atoms with Crippen LogP contribution < -0.4 is 10.2 Å². The molecule has 1 aliphatic heterocycles. The number of hydrazine groups is 1. The molecule has 0 aliphatic carbocycles. The van der Waals surface area contributed by atoms with E-state index in [0.29, 0.717) is 18.1 Å². The van der Waals surface area contributed by atoms with Gasteiger partial charge in [0.25, 0.3) is 5.91 Å². The maximum absolute atomic E-state index is 12.4. The molecule has 1 fully saturated rings. The van der Waals surface area contributed by atoms with Crippen LogP contribution in [0.1, 0.15) is 5.56 Å². The molecule has 1 N–H and O–H groups in total. The van der Waals surface area contributed by atoms with Crippen LogP contribution in [0, 0.1) is 10.1 Å². The van der Waals surface area contributed by atoms with E-state index >= 15 is 0 Å². The Bertz CT molecular complexity index is 823. The molecule has 0 radical (unpaired) electrons. The fraction of sp³-hybridized carbons (Fsp3) is 0.316. The monoisotopic (exact) mass is 404 g/mol. The lowest BCUT2D eigenvalue weighted by molar-refractivity contribution is -0.445. The van der Waals surface area contributed by atoms with Gasteiger partial charge in [-0.1, -0.05) is 35.9 Å². The van der Waals surface area contributed by atoms with Gasteiger partial charge in [0.2, 0.25) is 0 Å². The van der Waals surface area contributed by atoms with E-state index in [2.05, 4.69) is 10.3 Å². The van der Waals surface area contributed by atoms with Gasteiger partial charge in [0.05, 0.1) is 0 Å². The fourth-order valence-electron chi connectivity index (χ4n) is 3.02. The molecule has 0 bridgehead atoms. The smallest absolute Gasteiger partial charge is 0.260 e. The van der Waals surface area contributed by atoms with E-state index in [1.165, 1.54) is 11.6 Å². The van der Waals surface area contributed by atoms with Crippen LogP contribution in [0.4, 0.5) is 5.69 Å². The molecule has 3 rings (SSSR count). The van der Waals surface area contributed by atoms with Crippen molar-refractivity contribution in [2.75, 3.05) is 38.2 Å². The lowest BCUT2D eigenvalue weighted by Crippen LogP contribution is -2.49. The first kappa shape index (κ1) is 19.9. The Morgan fingerprint density at radius 3 is 2.46 bits per heavy atom. The average Bonchev–Trinajstić information content (AvgIpc) is 2.69. The third-order valence-electron chi connectivity index (χ3n) is 4.49. The summed E-state index contributed by atoms with van der Waals surface area (Å²) in [6.07, 6.45) is 0. The molecular formula is C19H21ClN4O4. The Labute approximate surface area is 167 Å². The van der Waals surface area contributed by atoms with Gasteiger partial charge in [0.1, 0.15) is 11.4 Å². The summed E-state index contributed by atoms with van der Waals surface area (Å²) in [5.41, 5.74) is 3.47. The number of anilines is 1. The number of carbonyl (C=O) groups excluding carboxylic acids is 1. The van der Waals surface area contributed by atoms with Crippen LogP contribution in [0.15, 0.2) is 48.5 Å². The average molecular weight is 405 g/mol. The largest absolute Gasteiger partial charge is 0.481 e. The number of nitrogens with one attached hydrogen (secondary N) is 1. The Balaban J connectivity index is 1.46. The van der Waals surface area contributed by atoms with E-state index < -0.39 is 5.03 Å². The number of rotatable bonds is 7. The predicted molar refractivity (Wildman–Crippen MR) is 106 cm³/mol. The Hall–Kier alpha value is -2.84. The van der Waals surface area contributed by atoms with E-state index in [0.717, 1.165) is 19.6 Å². The van der Waals surface area contributed by atoms with Crippen molar-refractivity contribution in [1.29, 1.82) is 0 Å². The van der Waals surface area contributed by atoms with Crippen molar-refractivity contribution < 1.29 is 14.6 Å². The van der Waals surface area contributed by atoms with Crippen molar-refractivity contribution in [2.45, 2.75) is 6.54 Å². The maximum Gasteiger partial charge on any atom is 0.260 e. The van der Waals surface area contributed by atoms with E-state index in [4.69, 9.17) is 16.3 Å². The van der Waals surface area contributed by atoms with Crippen LogP contribution in [0.3, 0.4) is 0 Å². The number of hydrogen-bond donors (Lipinski definition) is 1. The number of para-hydroxylation sites is 2. The van der Waals surface area contributed by atoms with Crippen molar-refractivity contribution in [3.8, 4) is 5.75 Å². The molecule has 8 nitrogen and oxygen atoms in total. The molecular weight excluding hydrogens is 384 g/mol. The highest BCUT2D eigenvalue weighted by molar-refractivity contribution is 6.30. The summed E-state index contributed by atoms with van der Waals surface area (Å²) in [5.74, 6) is 0.135. The second-order valence-corrected chi connectivity index (χ2v) is 6.87. The van der Waals surface area contributed by atoms with Gasteiger partial charge in [-0.3, -0.25) is 9.69 Å². The molecule has 148 valence electrons. The van der Waals surface area contributed by atoms with Crippen LogP contribution in [0.5, 0.6) is 5.75 Å². The number of piperazine rings is 1. The highest BCUT2D eigenvalue weighted by atomic mass is 35.5. The number of amides is 1. The molecule has 0 saturated carbocycles. The highest BCUT2D eigenvalue weighted by Gasteiger charge is 2.22. The normalized spacial score (nSPS) is 14.5. The highest BCUT2D eigenvalue weighted by Crippen LogP contribution is 2.23. The zero-order valence-corrected chi connectivity index (χ0v) is 16.0. The van der Waals surface area contributed by atoms with Gasteiger partial charge in [0.15, 0.2) is 11.6 Å². The van der Waals surface area contributed by atoms with Gasteiger partial charge in [-0.15, -0.1) is 5.43 Å². The number of nitro groups is 1. The van der Waals surface area contributed by atoms with Crippen molar-refractivity contribution in [3.05, 3.63) is 69.2 Å². The summed E-state index contributed by atoms with van der Waals surface area (Å²) in [7, 11) is 0. The van der Waals surface area contributed by atoms with Gasteiger partial charge in [0, 0.05) is 37.7 Å². The molecule has 0 atom stereocenters. The molecule has 1 heterocycles. The molecule has 0 aromatic heterocycles. The SMILES string of the molecule is O=C(COc1ccccc1N[N+](=O)[O-])N1CCN(Cc2ccc(Cl)cc2)CC1. The van der Waals surface area contributed by atoms with Gasteiger partial charge < -0.3 is 9.64 Å². The molecule has 0 spiro atoms. The van der Waals surface area contributed by atoms with Crippen LogP contribution in [0.2, 0.25) is 5.02 Å². The topological polar surface area (TPSA) is 87.9 Å². The minimum atomic E-state index is -0.663. The summed E-state index contributed by atoms with van der Waals surface area (Å²) >= 11 is 5.91. The summed E-state index contributed by atoms with van der Waals surface area (Å²) in [6.45, 7) is 3.43. The minimum absolute atomic E-state index is 0.137. The summed E-state index contributed by atoms with van der Waals surface area (Å²) < 4.78 is 5.50.